The van der Waals surface area contributed by atoms with Gasteiger partial charge < -0.3 is 5.11 Å². The van der Waals surface area contributed by atoms with E-state index in [9.17, 15) is 9.18 Å². The minimum absolute atomic E-state index is 0.0584. The van der Waals surface area contributed by atoms with E-state index in [2.05, 4.69) is 18.8 Å². The number of pyridine rings is 1. The molecule has 1 heterocycles. The zero-order valence-corrected chi connectivity index (χ0v) is 9.77. The van der Waals surface area contributed by atoms with Crippen molar-refractivity contribution in [1.29, 1.82) is 0 Å². The number of hydrogen-bond donors (Lipinski definition) is 1. The molecule has 0 radical (unpaired) electrons. The molecule has 0 spiro atoms. The second-order valence-electron chi connectivity index (χ2n) is 3.57. The lowest BCUT2D eigenvalue weighted by molar-refractivity contribution is 0.0696. The van der Waals surface area contributed by atoms with Gasteiger partial charge >= 0.3 is 5.97 Å². The third-order valence-corrected chi connectivity index (χ3v) is 1.89. The molecule has 2 aromatic rings. The monoisotopic (exact) mass is 235 g/mol. The summed E-state index contributed by atoms with van der Waals surface area (Å²) in [5.74, 6) is -1.47. The van der Waals surface area contributed by atoms with E-state index in [-0.39, 0.29) is 5.56 Å². The van der Waals surface area contributed by atoms with E-state index in [1.165, 1.54) is 36.9 Å². The molecule has 0 amide bonds. The van der Waals surface area contributed by atoms with E-state index < -0.39 is 11.8 Å². The van der Waals surface area contributed by atoms with E-state index >= 15 is 0 Å². The third-order valence-electron chi connectivity index (χ3n) is 1.89. The molecule has 90 valence electrons. The van der Waals surface area contributed by atoms with Crippen LogP contribution >= 0.6 is 0 Å². The molecule has 0 bridgehead atoms. The number of rotatable bonds is 1. The highest BCUT2D eigenvalue weighted by atomic mass is 19.1. The Labute approximate surface area is 98.9 Å². The molecular weight excluding hydrogens is 221 g/mol. The maximum absolute atomic E-state index is 12.8. The molecule has 0 aliphatic rings. The van der Waals surface area contributed by atoms with Gasteiger partial charge in [-0.25, -0.2) is 9.18 Å². The molecule has 2 rings (SSSR count). The minimum atomic E-state index is -1.07. The average molecular weight is 235 g/mol. The van der Waals surface area contributed by atoms with Gasteiger partial charge in [-0.05, 0) is 24.3 Å². The van der Waals surface area contributed by atoms with Crippen LogP contribution in [-0.4, -0.2) is 16.1 Å². The van der Waals surface area contributed by atoms with Crippen LogP contribution in [0.15, 0.2) is 30.5 Å². The summed E-state index contributed by atoms with van der Waals surface area (Å²) in [6.45, 7) is 4.25. The van der Waals surface area contributed by atoms with Gasteiger partial charge in [-0.3, -0.25) is 4.98 Å². The fourth-order valence-electron chi connectivity index (χ4n) is 1.22. The number of nitrogens with zero attached hydrogens (tertiary/aromatic N) is 1. The van der Waals surface area contributed by atoms with Crippen molar-refractivity contribution in [2.24, 2.45) is 0 Å². The number of aromatic nitrogens is 1. The summed E-state index contributed by atoms with van der Waals surface area (Å²) in [7, 11) is 0. The molecule has 3 nitrogen and oxygen atoms in total. The summed E-state index contributed by atoms with van der Waals surface area (Å²) in [4.78, 5) is 14.5. The number of aromatic carboxylic acids is 1. The fourth-order valence-corrected chi connectivity index (χ4v) is 1.22. The summed E-state index contributed by atoms with van der Waals surface area (Å²) >= 11 is 0. The highest BCUT2D eigenvalue weighted by Gasteiger charge is 2.04. The van der Waals surface area contributed by atoms with Gasteiger partial charge in [0.25, 0.3) is 0 Å². The maximum atomic E-state index is 12.8. The maximum Gasteiger partial charge on any atom is 0.337 e. The van der Waals surface area contributed by atoms with Gasteiger partial charge in [-0.2, -0.15) is 0 Å². The first kappa shape index (κ1) is 13.1. The molecular formula is C13H14FNO2. The largest absolute Gasteiger partial charge is 0.478 e. The Hall–Kier alpha value is -1.97. The van der Waals surface area contributed by atoms with Crippen molar-refractivity contribution in [3.63, 3.8) is 0 Å². The van der Waals surface area contributed by atoms with E-state index in [1.54, 1.807) is 0 Å². The zero-order valence-electron chi connectivity index (χ0n) is 9.77. The van der Waals surface area contributed by atoms with Crippen molar-refractivity contribution in [2.75, 3.05) is 0 Å². The van der Waals surface area contributed by atoms with Crippen molar-refractivity contribution >= 4 is 16.9 Å². The molecule has 4 heteroatoms. The molecule has 0 aliphatic carbocycles. The number of halogens is 1. The number of fused-ring (bicyclic) bond motifs is 1. The van der Waals surface area contributed by atoms with Crippen LogP contribution in [0.5, 0.6) is 0 Å². The first-order chi connectivity index (χ1) is 8.08. The Morgan fingerprint density at radius 2 is 2.00 bits per heavy atom. The fraction of sp³-hybridized carbons (Fsp3) is 0.231. The van der Waals surface area contributed by atoms with E-state index in [0.29, 0.717) is 10.9 Å². The van der Waals surface area contributed by atoms with Crippen molar-refractivity contribution in [2.45, 2.75) is 20.3 Å². The summed E-state index contributed by atoms with van der Waals surface area (Å²) in [6.07, 6.45) is 2.50. The van der Waals surface area contributed by atoms with E-state index in [4.69, 9.17) is 5.11 Å². The quantitative estimate of drug-likeness (QED) is 0.823. The summed E-state index contributed by atoms with van der Waals surface area (Å²) in [6, 6.07) is 5.45. The number of carboxylic acid groups (broad SMARTS) is 1. The van der Waals surface area contributed by atoms with Crippen LogP contribution in [0.1, 0.15) is 30.6 Å². The summed E-state index contributed by atoms with van der Waals surface area (Å²) < 4.78 is 12.8. The molecule has 0 saturated carbocycles. The van der Waals surface area contributed by atoms with Gasteiger partial charge in [0, 0.05) is 11.6 Å². The molecule has 1 N–H and O–H groups in total. The standard InChI is InChI=1S/C10H6FNO2.C3H8/c11-8-1-2-9-6(4-8)3-7(5-12-9)10(13)14;1-3-2/h1-5H,(H,13,14);3H2,1-2H3. The third kappa shape index (κ3) is 3.52. The predicted molar refractivity (Wildman–Crippen MR) is 64.6 cm³/mol. The van der Waals surface area contributed by atoms with Gasteiger partial charge in [0.05, 0.1) is 11.1 Å². The predicted octanol–water partition coefficient (Wildman–Crippen LogP) is 3.49. The Bertz CT molecular complexity index is 526. The average Bonchev–Trinajstić information content (AvgIpc) is 2.29. The molecule has 0 unspecified atom stereocenters. The van der Waals surface area contributed by atoms with Crippen LogP contribution < -0.4 is 0 Å². The van der Waals surface area contributed by atoms with Gasteiger partial charge in [-0.1, -0.05) is 20.3 Å². The Morgan fingerprint density at radius 1 is 1.35 bits per heavy atom. The van der Waals surface area contributed by atoms with Gasteiger partial charge in [0.1, 0.15) is 5.82 Å². The molecule has 0 fully saturated rings. The first-order valence-electron chi connectivity index (χ1n) is 5.37. The van der Waals surface area contributed by atoms with Crippen molar-refractivity contribution < 1.29 is 14.3 Å². The molecule has 0 saturated heterocycles. The van der Waals surface area contributed by atoms with E-state index in [1.807, 2.05) is 0 Å². The van der Waals surface area contributed by atoms with Gasteiger partial charge in [-0.15, -0.1) is 0 Å². The van der Waals surface area contributed by atoms with Crippen LogP contribution in [0, 0.1) is 5.82 Å². The molecule has 1 aromatic heterocycles. The second kappa shape index (κ2) is 5.94. The number of carboxylic acids is 1. The Kier molecular flexibility index (Phi) is 4.57. The molecule has 0 atom stereocenters. The minimum Gasteiger partial charge on any atom is -0.478 e. The van der Waals surface area contributed by atoms with Crippen molar-refractivity contribution in [3.8, 4) is 0 Å². The van der Waals surface area contributed by atoms with Crippen LogP contribution in [0.25, 0.3) is 10.9 Å². The highest BCUT2D eigenvalue weighted by Crippen LogP contribution is 2.14. The Balaban J connectivity index is 0.000000437. The normalized spacial score (nSPS) is 9.59. The molecule has 1 aromatic carbocycles. The first-order valence-corrected chi connectivity index (χ1v) is 5.37. The SMILES string of the molecule is CCC.O=C(O)c1cnc2ccc(F)cc2c1. The van der Waals surface area contributed by atoms with Crippen LogP contribution in [0.3, 0.4) is 0 Å². The van der Waals surface area contributed by atoms with Crippen LogP contribution in [-0.2, 0) is 0 Å². The van der Waals surface area contributed by atoms with Crippen molar-refractivity contribution in [3.05, 3.63) is 41.8 Å². The topological polar surface area (TPSA) is 50.2 Å². The molecule has 0 aliphatic heterocycles. The number of hydrogen-bond acceptors (Lipinski definition) is 2. The highest BCUT2D eigenvalue weighted by molar-refractivity contribution is 5.92. The smallest absolute Gasteiger partial charge is 0.337 e. The number of carbonyl (C=O) groups is 1. The summed E-state index contributed by atoms with van der Waals surface area (Å²) in [5.41, 5.74) is 0.638. The van der Waals surface area contributed by atoms with Crippen LogP contribution in [0.2, 0.25) is 0 Å². The Morgan fingerprint density at radius 3 is 2.59 bits per heavy atom. The zero-order chi connectivity index (χ0) is 12.8. The van der Waals surface area contributed by atoms with Gasteiger partial charge in [0.15, 0.2) is 0 Å². The lowest BCUT2D eigenvalue weighted by Gasteiger charge is -1.98. The summed E-state index contributed by atoms with van der Waals surface area (Å²) in [5, 5.41) is 9.17. The molecule has 17 heavy (non-hydrogen) atoms. The lowest BCUT2D eigenvalue weighted by atomic mass is 10.1. The van der Waals surface area contributed by atoms with E-state index in [0.717, 1.165) is 0 Å². The van der Waals surface area contributed by atoms with Crippen LogP contribution in [0.4, 0.5) is 4.39 Å². The lowest BCUT2D eigenvalue weighted by Crippen LogP contribution is -1.96. The van der Waals surface area contributed by atoms with Crippen molar-refractivity contribution in [1.82, 2.24) is 4.98 Å². The van der Waals surface area contributed by atoms with Gasteiger partial charge in [0.2, 0.25) is 0 Å². The number of benzene rings is 1. The second-order valence-corrected chi connectivity index (χ2v) is 3.57.